The number of nitrogens with one attached hydrogen (secondary N) is 1. The van der Waals surface area contributed by atoms with Gasteiger partial charge in [-0.3, -0.25) is 14.2 Å². The molecule has 0 unspecified atom stereocenters. The van der Waals surface area contributed by atoms with Crippen molar-refractivity contribution in [1.82, 2.24) is 19.6 Å². The molecule has 6 nitrogen and oxygen atoms in total. The van der Waals surface area contributed by atoms with Gasteiger partial charge in [0.15, 0.2) is 5.69 Å². The molecule has 0 spiro atoms. The van der Waals surface area contributed by atoms with Crippen LogP contribution in [0.3, 0.4) is 0 Å². The molecule has 154 valence electrons. The highest BCUT2D eigenvalue weighted by Crippen LogP contribution is 2.28. The number of aryl methyl sites for hydroxylation is 2. The zero-order chi connectivity index (χ0) is 21.2. The molecule has 29 heavy (non-hydrogen) atoms. The Kier molecular flexibility index (Phi) is 5.92. The first kappa shape index (κ1) is 20.8. The monoisotopic (exact) mass is 429 g/mol. The zero-order valence-electron chi connectivity index (χ0n) is 15.2. The van der Waals surface area contributed by atoms with E-state index in [2.05, 4.69) is 15.5 Å². The van der Waals surface area contributed by atoms with Gasteiger partial charge in [0, 0.05) is 35.4 Å². The lowest BCUT2D eigenvalue weighted by Crippen LogP contribution is -2.16. The first-order chi connectivity index (χ1) is 13.6. The van der Waals surface area contributed by atoms with E-state index in [4.69, 9.17) is 11.6 Å². The quantitative estimate of drug-likeness (QED) is 0.595. The second-order valence-corrected chi connectivity index (χ2v) is 6.72. The predicted molar refractivity (Wildman–Crippen MR) is 98.0 cm³/mol. The number of alkyl halides is 3. The molecular formula is C18H16ClF4N5O. The fourth-order valence-electron chi connectivity index (χ4n) is 2.67. The first-order valence-corrected chi connectivity index (χ1v) is 8.88. The van der Waals surface area contributed by atoms with E-state index in [0.717, 1.165) is 10.7 Å². The van der Waals surface area contributed by atoms with Crippen LogP contribution >= 0.6 is 11.6 Å². The van der Waals surface area contributed by atoms with E-state index >= 15 is 0 Å². The standard InChI is InChI=1S/C18H16ClF4N5O/c1-11-7-16(18(21,22)23)26-28(11)6-5-17(29)25-12-8-24-27(9-12)10-13-14(19)3-2-4-15(13)20/h2-4,7-9H,5-6,10H2,1H3,(H,25,29). The molecule has 0 fully saturated rings. The molecule has 1 aromatic carbocycles. The maximum atomic E-state index is 13.8. The zero-order valence-corrected chi connectivity index (χ0v) is 15.9. The molecule has 0 bridgehead atoms. The summed E-state index contributed by atoms with van der Waals surface area (Å²) in [7, 11) is 0. The number of nitrogens with zero attached hydrogens (tertiary/aromatic N) is 4. The summed E-state index contributed by atoms with van der Waals surface area (Å²) in [6.07, 6.45) is -1.73. The summed E-state index contributed by atoms with van der Waals surface area (Å²) in [5.41, 5.74) is -0.0522. The summed E-state index contributed by atoms with van der Waals surface area (Å²) in [4.78, 5) is 12.1. The van der Waals surface area contributed by atoms with Crippen LogP contribution < -0.4 is 5.32 Å². The van der Waals surface area contributed by atoms with Crippen LogP contribution in [-0.2, 0) is 24.1 Å². The Hall–Kier alpha value is -2.88. The summed E-state index contributed by atoms with van der Waals surface area (Å²) >= 11 is 5.98. The van der Waals surface area contributed by atoms with Crippen LogP contribution in [0.25, 0.3) is 0 Å². The van der Waals surface area contributed by atoms with Crippen LogP contribution in [0, 0.1) is 12.7 Å². The fourth-order valence-corrected chi connectivity index (χ4v) is 2.89. The Balaban J connectivity index is 1.58. The molecular weight excluding hydrogens is 414 g/mol. The van der Waals surface area contributed by atoms with E-state index in [0.29, 0.717) is 11.4 Å². The Labute approximate surface area is 168 Å². The number of anilines is 1. The number of hydrogen-bond donors (Lipinski definition) is 1. The molecule has 0 radical (unpaired) electrons. The van der Waals surface area contributed by atoms with E-state index < -0.39 is 23.6 Å². The summed E-state index contributed by atoms with van der Waals surface area (Å²) in [6, 6.07) is 5.27. The van der Waals surface area contributed by atoms with Gasteiger partial charge in [-0.25, -0.2) is 4.39 Å². The van der Waals surface area contributed by atoms with Crippen molar-refractivity contribution in [1.29, 1.82) is 0 Å². The van der Waals surface area contributed by atoms with Gasteiger partial charge in [0.05, 0.1) is 18.4 Å². The molecule has 0 aliphatic heterocycles. The maximum absolute atomic E-state index is 13.8. The molecule has 0 saturated heterocycles. The summed E-state index contributed by atoms with van der Waals surface area (Å²) in [5, 5.41) is 10.4. The average molecular weight is 430 g/mol. The van der Waals surface area contributed by atoms with Crippen LogP contribution in [0.2, 0.25) is 5.02 Å². The molecule has 1 amide bonds. The highest BCUT2D eigenvalue weighted by Gasteiger charge is 2.34. The number of amides is 1. The molecule has 1 N–H and O–H groups in total. The molecule has 2 aromatic heterocycles. The minimum absolute atomic E-state index is 0.00722. The number of benzene rings is 1. The Morgan fingerprint density at radius 2 is 2.07 bits per heavy atom. The van der Waals surface area contributed by atoms with Crippen LogP contribution in [0.4, 0.5) is 23.2 Å². The van der Waals surface area contributed by atoms with Gasteiger partial charge in [-0.1, -0.05) is 17.7 Å². The predicted octanol–water partition coefficient (Wildman–Crippen LogP) is 4.28. The highest BCUT2D eigenvalue weighted by atomic mass is 35.5. The molecule has 3 rings (SSSR count). The van der Waals surface area contributed by atoms with Gasteiger partial charge in [-0.2, -0.15) is 23.4 Å². The summed E-state index contributed by atoms with van der Waals surface area (Å²) in [5.74, 6) is -0.886. The third-order valence-corrected chi connectivity index (χ3v) is 4.48. The minimum atomic E-state index is -4.53. The Bertz CT molecular complexity index is 1010. The number of carbonyl (C=O) groups excluding carboxylic acids is 1. The van der Waals surface area contributed by atoms with Crippen molar-refractivity contribution in [2.75, 3.05) is 5.32 Å². The Morgan fingerprint density at radius 1 is 1.31 bits per heavy atom. The molecule has 3 aromatic rings. The molecule has 11 heteroatoms. The lowest BCUT2D eigenvalue weighted by atomic mass is 10.2. The van der Waals surface area contributed by atoms with Gasteiger partial charge in [-0.05, 0) is 25.1 Å². The van der Waals surface area contributed by atoms with Gasteiger partial charge in [0.2, 0.25) is 5.91 Å². The van der Waals surface area contributed by atoms with Crippen molar-refractivity contribution in [2.45, 2.75) is 32.6 Å². The van der Waals surface area contributed by atoms with Crippen molar-refractivity contribution in [2.24, 2.45) is 0 Å². The lowest BCUT2D eigenvalue weighted by Gasteiger charge is -2.06. The number of aromatic nitrogens is 4. The topological polar surface area (TPSA) is 64.7 Å². The van der Waals surface area contributed by atoms with Gasteiger partial charge in [-0.15, -0.1) is 0 Å². The van der Waals surface area contributed by atoms with Crippen LogP contribution in [0.1, 0.15) is 23.4 Å². The van der Waals surface area contributed by atoms with Crippen LogP contribution in [-0.4, -0.2) is 25.5 Å². The maximum Gasteiger partial charge on any atom is 0.435 e. The van der Waals surface area contributed by atoms with Gasteiger partial charge in [0.25, 0.3) is 0 Å². The SMILES string of the molecule is Cc1cc(C(F)(F)F)nn1CCC(=O)Nc1cnn(Cc2c(F)cccc2Cl)c1. The fraction of sp³-hybridized carbons (Fsp3) is 0.278. The van der Waals surface area contributed by atoms with Gasteiger partial charge < -0.3 is 5.32 Å². The lowest BCUT2D eigenvalue weighted by molar-refractivity contribution is -0.141. The molecule has 2 heterocycles. The van der Waals surface area contributed by atoms with E-state index in [-0.39, 0.29) is 30.1 Å². The van der Waals surface area contributed by atoms with E-state index in [1.807, 2.05) is 0 Å². The number of rotatable bonds is 6. The molecule has 0 aliphatic carbocycles. The van der Waals surface area contributed by atoms with Crippen molar-refractivity contribution in [3.05, 3.63) is 64.5 Å². The van der Waals surface area contributed by atoms with Crippen molar-refractivity contribution in [3.8, 4) is 0 Å². The van der Waals surface area contributed by atoms with Crippen molar-refractivity contribution < 1.29 is 22.4 Å². The van der Waals surface area contributed by atoms with Crippen LogP contribution in [0.15, 0.2) is 36.7 Å². The van der Waals surface area contributed by atoms with E-state index in [9.17, 15) is 22.4 Å². The summed E-state index contributed by atoms with van der Waals surface area (Å²) < 4.78 is 54.4. The summed E-state index contributed by atoms with van der Waals surface area (Å²) in [6.45, 7) is 1.55. The van der Waals surface area contributed by atoms with Gasteiger partial charge >= 0.3 is 6.18 Å². The Morgan fingerprint density at radius 3 is 2.72 bits per heavy atom. The molecule has 0 saturated carbocycles. The largest absolute Gasteiger partial charge is 0.435 e. The minimum Gasteiger partial charge on any atom is -0.323 e. The van der Waals surface area contributed by atoms with Gasteiger partial charge in [0.1, 0.15) is 5.82 Å². The second kappa shape index (κ2) is 8.24. The van der Waals surface area contributed by atoms with E-state index in [1.54, 1.807) is 6.07 Å². The van der Waals surface area contributed by atoms with Crippen LogP contribution in [0.5, 0.6) is 0 Å². The highest BCUT2D eigenvalue weighted by molar-refractivity contribution is 6.31. The normalized spacial score (nSPS) is 11.7. The van der Waals surface area contributed by atoms with Crippen molar-refractivity contribution in [3.63, 3.8) is 0 Å². The molecule has 0 aliphatic rings. The number of carbonyl (C=O) groups is 1. The van der Waals surface area contributed by atoms with E-state index in [1.165, 1.54) is 36.1 Å². The first-order valence-electron chi connectivity index (χ1n) is 8.50. The van der Waals surface area contributed by atoms with Crippen molar-refractivity contribution >= 4 is 23.2 Å². The average Bonchev–Trinajstić information content (AvgIpc) is 3.22. The smallest absolute Gasteiger partial charge is 0.323 e. The number of halogens is 5. The second-order valence-electron chi connectivity index (χ2n) is 6.32. The molecule has 0 atom stereocenters. The third kappa shape index (κ3) is 5.14. The third-order valence-electron chi connectivity index (χ3n) is 4.12. The number of hydrogen-bond acceptors (Lipinski definition) is 3.